The fraction of sp³-hybridized carbons (Fsp3) is 0.0909. The summed E-state index contributed by atoms with van der Waals surface area (Å²) in [7, 11) is -12.2. The second-order valence-electron chi connectivity index (χ2n) is 6.88. The Kier molecular flexibility index (Phi) is 14.4. The van der Waals surface area contributed by atoms with Crippen LogP contribution < -0.4 is 10.2 Å². The molecule has 0 spiro atoms. The first-order valence-corrected chi connectivity index (χ1v) is 12.8. The van der Waals surface area contributed by atoms with E-state index in [-0.39, 0.29) is 33.2 Å². The van der Waals surface area contributed by atoms with Gasteiger partial charge in [-0.25, -0.2) is 16.8 Å². The van der Waals surface area contributed by atoms with Gasteiger partial charge in [0.2, 0.25) is 0 Å². The van der Waals surface area contributed by atoms with Gasteiger partial charge < -0.3 is 19.3 Å². The van der Waals surface area contributed by atoms with Crippen LogP contribution in [0.4, 0.5) is 37.7 Å². The molecule has 0 aliphatic rings. The summed E-state index contributed by atoms with van der Waals surface area (Å²) in [5, 5.41) is 23.4. The Bertz CT molecular complexity index is 1450. The van der Waals surface area contributed by atoms with Gasteiger partial charge in [-0.05, 0) is 23.3 Å². The maximum absolute atomic E-state index is 11.7. The van der Waals surface area contributed by atoms with E-state index < -0.39 is 31.3 Å². The minimum Gasteiger partial charge on any atom is -0.872 e. The Morgan fingerprint density at radius 3 is 1.05 bits per heavy atom. The van der Waals surface area contributed by atoms with E-state index in [4.69, 9.17) is 25.9 Å². The van der Waals surface area contributed by atoms with Gasteiger partial charge in [0.15, 0.2) is 20.2 Å². The van der Waals surface area contributed by atoms with Gasteiger partial charge in [-0.3, -0.25) is 9.98 Å². The minimum absolute atomic E-state index is 0. The van der Waals surface area contributed by atoms with Crippen LogP contribution in [-0.2, 0) is 42.0 Å². The molecule has 0 bridgehead atoms. The van der Waals surface area contributed by atoms with Crippen molar-refractivity contribution >= 4 is 44.0 Å². The Morgan fingerprint density at radius 1 is 0.561 bits per heavy atom. The molecule has 19 heteroatoms. The summed E-state index contributed by atoms with van der Waals surface area (Å²) in [6.45, 7) is 0. The molecule has 0 fully saturated rings. The Hall–Kier alpha value is -3.29. The summed E-state index contributed by atoms with van der Waals surface area (Å²) in [6.07, 6.45) is 3.05. The van der Waals surface area contributed by atoms with E-state index in [1.165, 1.54) is 24.6 Å². The van der Waals surface area contributed by atoms with E-state index in [1.54, 1.807) is 48.5 Å². The number of alkyl halides is 6. The maximum atomic E-state index is 11.7. The van der Waals surface area contributed by atoms with Crippen molar-refractivity contribution in [2.75, 3.05) is 0 Å². The molecule has 0 aliphatic carbocycles. The van der Waals surface area contributed by atoms with Crippen molar-refractivity contribution in [3.8, 4) is 11.5 Å². The summed E-state index contributed by atoms with van der Waals surface area (Å²) < 4.78 is 118. The van der Waals surface area contributed by atoms with E-state index in [9.17, 15) is 36.6 Å². The van der Waals surface area contributed by atoms with Gasteiger partial charge in [0.25, 0.3) is 0 Å². The molecule has 10 nitrogen and oxygen atoms in total. The molecular formula is C22H14F6N2O8S2Ti. The molecule has 0 atom stereocenters. The summed E-state index contributed by atoms with van der Waals surface area (Å²) in [4.78, 5) is 8.71. The van der Waals surface area contributed by atoms with Crippen molar-refractivity contribution in [2.24, 2.45) is 9.98 Å². The first kappa shape index (κ1) is 37.7. The van der Waals surface area contributed by atoms with Crippen molar-refractivity contribution in [1.82, 2.24) is 0 Å². The van der Waals surface area contributed by atoms with Crippen LogP contribution in [0.25, 0.3) is 0 Å². The predicted molar refractivity (Wildman–Crippen MR) is 124 cm³/mol. The summed E-state index contributed by atoms with van der Waals surface area (Å²) in [5.41, 5.74) is -9.01. The van der Waals surface area contributed by atoms with Crippen LogP contribution in [0.15, 0.2) is 82.8 Å². The van der Waals surface area contributed by atoms with E-state index in [0.717, 1.165) is 0 Å². The molecule has 3 aromatic carbocycles. The minimum atomic E-state index is -6.09. The van der Waals surface area contributed by atoms with Gasteiger partial charge >= 0.3 is 32.7 Å². The van der Waals surface area contributed by atoms with Gasteiger partial charge in [-0.15, -0.1) is 11.5 Å². The van der Waals surface area contributed by atoms with Crippen LogP contribution in [0.3, 0.4) is 0 Å². The zero-order valence-corrected chi connectivity index (χ0v) is 23.0. The van der Waals surface area contributed by atoms with Crippen molar-refractivity contribution in [3.63, 3.8) is 0 Å². The number of benzene rings is 3. The molecule has 0 radical (unpaired) electrons. The number of halogens is 6. The third-order valence-electron chi connectivity index (χ3n) is 3.97. The molecule has 41 heavy (non-hydrogen) atoms. The standard InChI is InChI=1S/C20H16N2O2.2CHF3O3S.Ti/c23-19-11-5-1-7-15(19)13-21-17-9-3-4-10-18(17)22-14-16-8-2-6-12-20(16)24;2*2-1(3,4)8(5,6)7;/h1-14,23-24H;2*(H,5,6,7);/q;;;+4/p-4. The second kappa shape index (κ2) is 15.6. The molecular weight excluding hydrogens is 646 g/mol. The third-order valence-corrected chi connectivity index (χ3v) is 5.11. The quantitative estimate of drug-likeness (QED) is 0.134. The molecule has 0 aliphatic heterocycles. The fourth-order valence-corrected chi connectivity index (χ4v) is 2.14. The van der Waals surface area contributed by atoms with E-state index in [2.05, 4.69) is 9.98 Å². The molecule has 0 saturated carbocycles. The summed E-state index contributed by atoms with van der Waals surface area (Å²) in [6, 6.07) is 20.7. The van der Waals surface area contributed by atoms with Crippen LogP contribution in [0, 0.1) is 0 Å². The van der Waals surface area contributed by atoms with Crippen LogP contribution >= 0.6 is 0 Å². The third kappa shape index (κ3) is 13.3. The van der Waals surface area contributed by atoms with Crippen LogP contribution in [0.5, 0.6) is 11.5 Å². The first-order valence-electron chi connectivity index (χ1n) is 9.97. The van der Waals surface area contributed by atoms with Crippen LogP contribution in [0.1, 0.15) is 11.1 Å². The van der Waals surface area contributed by atoms with Gasteiger partial charge in [0, 0.05) is 12.4 Å². The SMILES string of the molecule is O=S(=O)([O-])C(F)(F)F.O=S(=O)([O-])C(F)(F)F.[O-]c1ccccc1C=Nc1ccccc1N=Cc1ccccc1[O-].[Ti+4]. The average Bonchev–Trinajstić information content (AvgIpc) is 2.82. The number of para-hydroxylation sites is 4. The van der Waals surface area contributed by atoms with Crippen LogP contribution in [0.2, 0.25) is 0 Å². The van der Waals surface area contributed by atoms with Gasteiger partial charge in [0.1, 0.15) is 0 Å². The molecule has 3 rings (SSSR count). The predicted octanol–water partition coefficient (Wildman–Crippen LogP) is 3.44. The molecule has 0 saturated heterocycles. The number of rotatable bonds is 4. The van der Waals surface area contributed by atoms with Crippen molar-refractivity contribution in [2.45, 2.75) is 11.0 Å². The largest absolute Gasteiger partial charge is 4.00 e. The molecule has 0 aromatic heterocycles. The topological polar surface area (TPSA) is 185 Å². The molecule has 218 valence electrons. The zero-order valence-electron chi connectivity index (χ0n) is 19.8. The molecule has 0 heterocycles. The average molecular weight is 660 g/mol. The Morgan fingerprint density at radius 2 is 0.805 bits per heavy atom. The van der Waals surface area contributed by atoms with Gasteiger partial charge in [-0.1, -0.05) is 60.7 Å². The number of aliphatic imine (C=N–C) groups is 2. The molecule has 0 N–H and O–H groups in total. The van der Waals surface area contributed by atoms with E-state index in [0.29, 0.717) is 22.5 Å². The molecule has 0 unspecified atom stereocenters. The Labute approximate surface area is 244 Å². The number of nitrogens with zero attached hydrogens (tertiary/aromatic N) is 2. The van der Waals surface area contributed by atoms with Crippen molar-refractivity contribution in [1.29, 1.82) is 0 Å². The van der Waals surface area contributed by atoms with Crippen molar-refractivity contribution in [3.05, 3.63) is 83.9 Å². The molecule has 3 aromatic rings. The smallest absolute Gasteiger partial charge is 0.872 e. The normalized spacial score (nSPS) is 12.1. The number of hydrogen-bond acceptors (Lipinski definition) is 10. The van der Waals surface area contributed by atoms with Gasteiger partial charge in [0.05, 0.1) is 11.4 Å². The zero-order chi connectivity index (χ0) is 30.8. The van der Waals surface area contributed by atoms with Gasteiger partial charge in [-0.2, -0.15) is 26.3 Å². The van der Waals surface area contributed by atoms with Crippen LogP contribution in [-0.4, -0.2) is 49.4 Å². The summed E-state index contributed by atoms with van der Waals surface area (Å²) in [5.74, 6) is -0.162. The summed E-state index contributed by atoms with van der Waals surface area (Å²) >= 11 is 0. The second-order valence-corrected chi connectivity index (χ2v) is 9.62. The van der Waals surface area contributed by atoms with E-state index in [1.807, 2.05) is 12.1 Å². The number of hydrogen-bond donors (Lipinski definition) is 0. The van der Waals surface area contributed by atoms with Crippen molar-refractivity contribution < 1.29 is 84.2 Å². The van der Waals surface area contributed by atoms with E-state index >= 15 is 0 Å². The molecule has 0 amide bonds. The first-order chi connectivity index (χ1) is 18.2. The Balaban J connectivity index is 0.000000781. The maximum Gasteiger partial charge on any atom is 4.00 e. The monoisotopic (exact) mass is 660 g/mol. The fourth-order valence-electron chi connectivity index (χ4n) is 2.14.